The Balaban J connectivity index is 2.42. The van der Waals surface area contributed by atoms with Gasteiger partial charge in [-0.05, 0) is 75.6 Å². The minimum atomic E-state index is -3.68. The molecular weight excluding hydrogens is 364 g/mol. The zero-order valence-electron chi connectivity index (χ0n) is 16.5. The monoisotopic (exact) mass is 390 g/mol. The fourth-order valence-electron chi connectivity index (χ4n) is 2.73. The van der Waals surface area contributed by atoms with Gasteiger partial charge in [0, 0.05) is 11.6 Å². The SMILES string of the molecule is COc1ccc(S(=O)(=O)NC(C)C)cc1NC(=O)c1cc(C)c(C)cc1C. The van der Waals surface area contributed by atoms with Crippen molar-refractivity contribution in [3.63, 3.8) is 0 Å². The molecule has 2 aromatic rings. The number of hydrogen-bond acceptors (Lipinski definition) is 4. The van der Waals surface area contributed by atoms with Crippen LogP contribution in [0, 0.1) is 20.8 Å². The molecule has 0 aliphatic rings. The molecule has 27 heavy (non-hydrogen) atoms. The van der Waals surface area contributed by atoms with Crippen LogP contribution >= 0.6 is 0 Å². The van der Waals surface area contributed by atoms with E-state index in [1.165, 1.54) is 25.3 Å². The maximum Gasteiger partial charge on any atom is 0.256 e. The van der Waals surface area contributed by atoms with E-state index in [1.54, 1.807) is 13.8 Å². The van der Waals surface area contributed by atoms with Crippen molar-refractivity contribution in [3.8, 4) is 5.75 Å². The van der Waals surface area contributed by atoms with E-state index in [-0.39, 0.29) is 16.8 Å². The molecule has 0 aliphatic heterocycles. The Bertz CT molecular complexity index is 966. The maximum absolute atomic E-state index is 12.8. The molecule has 0 aliphatic carbocycles. The average molecular weight is 391 g/mol. The minimum Gasteiger partial charge on any atom is -0.495 e. The Labute approximate surface area is 161 Å². The first-order valence-corrected chi connectivity index (χ1v) is 10.1. The van der Waals surface area contributed by atoms with Gasteiger partial charge in [0.2, 0.25) is 10.0 Å². The van der Waals surface area contributed by atoms with Crippen LogP contribution in [0.3, 0.4) is 0 Å². The molecule has 146 valence electrons. The maximum atomic E-state index is 12.8. The lowest BCUT2D eigenvalue weighted by molar-refractivity contribution is 0.102. The van der Waals surface area contributed by atoms with Gasteiger partial charge in [-0.2, -0.15) is 0 Å². The van der Waals surface area contributed by atoms with E-state index in [0.717, 1.165) is 16.7 Å². The van der Waals surface area contributed by atoms with Gasteiger partial charge in [-0.25, -0.2) is 13.1 Å². The second kappa shape index (κ2) is 8.10. The van der Waals surface area contributed by atoms with E-state index in [0.29, 0.717) is 17.0 Å². The molecule has 0 radical (unpaired) electrons. The number of benzene rings is 2. The normalized spacial score (nSPS) is 11.5. The fraction of sp³-hybridized carbons (Fsp3) is 0.350. The van der Waals surface area contributed by atoms with E-state index in [2.05, 4.69) is 10.0 Å². The van der Waals surface area contributed by atoms with E-state index >= 15 is 0 Å². The number of rotatable bonds is 6. The summed E-state index contributed by atoms with van der Waals surface area (Å²) in [7, 11) is -2.22. The Morgan fingerprint density at radius 1 is 1.00 bits per heavy atom. The number of nitrogens with one attached hydrogen (secondary N) is 2. The molecular formula is C20H26N2O4S. The molecule has 7 heteroatoms. The van der Waals surface area contributed by atoms with Gasteiger partial charge in [0.25, 0.3) is 5.91 Å². The molecule has 0 saturated heterocycles. The third-order valence-corrected chi connectivity index (χ3v) is 5.86. The van der Waals surface area contributed by atoms with Crippen LogP contribution in [0.4, 0.5) is 5.69 Å². The number of aryl methyl sites for hydroxylation is 3. The molecule has 0 atom stereocenters. The molecule has 0 bridgehead atoms. The van der Waals surface area contributed by atoms with Crippen molar-refractivity contribution in [2.24, 2.45) is 0 Å². The first-order chi connectivity index (χ1) is 12.5. The van der Waals surface area contributed by atoms with Gasteiger partial charge < -0.3 is 10.1 Å². The molecule has 2 rings (SSSR count). The first kappa shape index (κ1) is 20.9. The number of amides is 1. The molecule has 2 N–H and O–H groups in total. The van der Waals surface area contributed by atoms with Crippen LogP contribution in [0.15, 0.2) is 35.2 Å². The first-order valence-electron chi connectivity index (χ1n) is 8.64. The van der Waals surface area contributed by atoms with Crippen molar-refractivity contribution >= 4 is 21.6 Å². The largest absolute Gasteiger partial charge is 0.495 e. The minimum absolute atomic E-state index is 0.0594. The Morgan fingerprint density at radius 2 is 1.63 bits per heavy atom. The summed E-state index contributed by atoms with van der Waals surface area (Å²) in [4.78, 5) is 12.8. The number of hydrogen-bond donors (Lipinski definition) is 2. The zero-order valence-corrected chi connectivity index (χ0v) is 17.3. The number of methoxy groups -OCH3 is 1. The van der Waals surface area contributed by atoms with Crippen molar-refractivity contribution in [2.45, 2.75) is 45.6 Å². The molecule has 0 aromatic heterocycles. The smallest absolute Gasteiger partial charge is 0.256 e. The lowest BCUT2D eigenvalue weighted by Gasteiger charge is -2.15. The molecule has 1 amide bonds. The number of carbonyl (C=O) groups is 1. The molecule has 0 fully saturated rings. The van der Waals surface area contributed by atoms with E-state index in [9.17, 15) is 13.2 Å². The molecule has 0 saturated carbocycles. The van der Waals surface area contributed by atoms with Gasteiger partial charge in [0.1, 0.15) is 5.75 Å². The van der Waals surface area contributed by atoms with Crippen LogP contribution in [0.5, 0.6) is 5.75 Å². The van der Waals surface area contributed by atoms with E-state index in [1.807, 2.05) is 32.9 Å². The molecule has 2 aromatic carbocycles. The molecule has 6 nitrogen and oxygen atoms in total. The van der Waals surface area contributed by atoms with E-state index in [4.69, 9.17) is 4.74 Å². The van der Waals surface area contributed by atoms with Gasteiger partial charge in [-0.3, -0.25) is 4.79 Å². The second-order valence-electron chi connectivity index (χ2n) is 6.84. The third-order valence-electron chi connectivity index (χ3n) is 4.21. The number of anilines is 1. The fourth-order valence-corrected chi connectivity index (χ4v) is 4.00. The Hall–Kier alpha value is -2.38. The summed E-state index contributed by atoms with van der Waals surface area (Å²) < 4.78 is 32.6. The van der Waals surface area contributed by atoms with Crippen LogP contribution in [0.25, 0.3) is 0 Å². The summed E-state index contributed by atoms with van der Waals surface area (Å²) in [5, 5.41) is 2.77. The highest BCUT2D eigenvalue weighted by molar-refractivity contribution is 7.89. The quantitative estimate of drug-likeness (QED) is 0.790. The van der Waals surface area contributed by atoms with Crippen molar-refractivity contribution in [3.05, 3.63) is 52.6 Å². The average Bonchev–Trinajstić information content (AvgIpc) is 2.56. The third kappa shape index (κ3) is 4.87. The summed E-state index contributed by atoms with van der Waals surface area (Å²) >= 11 is 0. The van der Waals surface area contributed by atoms with Crippen molar-refractivity contribution in [1.82, 2.24) is 4.72 Å². The van der Waals surface area contributed by atoms with Crippen LogP contribution in [0.1, 0.15) is 40.9 Å². The lowest BCUT2D eigenvalue weighted by atomic mass is 10.0. The summed E-state index contributed by atoms with van der Waals surface area (Å²) in [6.07, 6.45) is 0. The zero-order chi connectivity index (χ0) is 20.4. The van der Waals surface area contributed by atoms with Gasteiger partial charge >= 0.3 is 0 Å². The highest BCUT2D eigenvalue weighted by atomic mass is 32.2. The van der Waals surface area contributed by atoms with Crippen LogP contribution in [-0.2, 0) is 10.0 Å². The summed E-state index contributed by atoms with van der Waals surface area (Å²) in [5.74, 6) is 0.0635. The van der Waals surface area contributed by atoms with Crippen LogP contribution < -0.4 is 14.8 Å². The Morgan fingerprint density at radius 3 is 2.22 bits per heavy atom. The van der Waals surface area contributed by atoms with Gasteiger partial charge in [0.05, 0.1) is 17.7 Å². The van der Waals surface area contributed by atoms with Crippen molar-refractivity contribution in [1.29, 1.82) is 0 Å². The van der Waals surface area contributed by atoms with Gasteiger partial charge in [-0.15, -0.1) is 0 Å². The molecule has 0 heterocycles. The highest BCUT2D eigenvalue weighted by Gasteiger charge is 2.19. The predicted molar refractivity (Wildman–Crippen MR) is 107 cm³/mol. The molecule has 0 spiro atoms. The highest BCUT2D eigenvalue weighted by Crippen LogP contribution is 2.28. The van der Waals surface area contributed by atoms with Crippen molar-refractivity contribution < 1.29 is 17.9 Å². The van der Waals surface area contributed by atoms with Gasteiger partial charge in [0.15, 0.2) is 0 Å². The van der Waals surface area contributed by atoms with Crippen LogP contribution in [-0.4, -0.2) is 27.5 Å². The Kier molecular flexibility index (Phi) is 6.28. The van der Waals surface area contributed by atoms with E-state index < -0.39 is 10.0 Å². The standard InChI is InChI=1S/C20H26N2O4S/c1-12(2)22-27(24,25)16-7-8-19(26-6)18(11-16)21-20(23)17-10-14(4)13(3)9-15(17)5/h7-12,22H,1-6H3,(H,21,23). The number of ether oxygens (including phenoxy) is 1. The summed E-state index contributed by atoms with van der Waals surface area (Å²) in [6.45, 7) is 9.28. The molecule has 0 unspecified atom stereocenters. The predicted octanol–water partition coefficient (Wildman–Crippen LogP) is 3.56. The number of sulfonamides is 1. The second-order valence-corrected chi connectivity index (χ2v) is 8.56. The number of carbonyl (C=O) groups excluding carboxylic acids is 1. The topological polar surface area (TPSA) is 84.5 Å². The summed E-state index contributed by atoms with van der Waals surface area (Å²) in [6, 6.07) is 7.91. The van der Waals surface area contributed by atoms with Gasteiger partial charge in [-0.1, -0.05) is 6.07 Å². The summed E-state index contributed by atoms with van der Waals surface area (Å²) in [5.41, 5.74) is 3.80. The van der Waals surface area contributed by atoms with Crippen LogP contribution in [0.2, 0.25) is 0 Å². The van der Waals surface area contributed by atoms with Crippen molar-refractivity contribution in [2.75, 3.05) is 12.4 Å². The lowest BCUT2D eigenvalue weighted by Crippen LogP contribution is -2.30.